The molecule has 1 heterocycles. The average molecular weight is 202 g/mol. The van der Waals surface area contributed by atoms with Gasteiger partial charge in [0.05, 0.1) is 13.2 Å². The summed E-state index contributed by atoms with van der Waals surface area (Å²) in [6.45, 7) is 5.50. The first-order chi connectivity index (χ1) is 6.76. The Balaban J connectivity index is 2.39. The molecule has 0 aromatic carbocycles. The van der Waals surface area contributed by atoms with E-state index in [1.807, 2.05) is 0 Å². The van der Waals surface area contributed by atoms with Crippen LogP contribution in [-0.4, -0.2) is 26.8 Å². The van der Waals surface area contributed by atoms with Crippen LogP contribution in [0.5, 0.6) is 0 Å². The van der Waals surface area contributed by atoms with E-state index in [0.717, 1.165) is 19.6 Å². The van der Waals surface area contributed by atoms with E-state index in [-0.39, 0.29) is 5.41 Å². The van der Waals surface area contributed by atoms with E-state index in [1.165, 1.54) is 19.3 Å². The lowest BCUT2D eigenvalue weighted by Crippen LogP contribution is -2.42. The fourth-order valence-electron chi connectivity index (χ4n) is 1.79. The first-order valence-corrected chi connectivity index (χ1v) is 5.52. The van der Waals surface area contributed by atoms with Crippen LogP contribution in [0.1, 0.15) is 39.5 Å². The van der Waals surface area contributed by atoms with Crippen molar-refractivity contribution < 1.29 is 14.2 Å². The molecule has 14 heavy (non-hydrogen) atoms. The van der Waals surface area contributed by atoms with Gasteiger partial charge < -0.3 is 14.2 Å². The third kappa shape index (κ3) is 2.94. The molecule has 3 heteroatoms. The molecule has 84 valence electrons. The Morgan fingerprint density at radius 2 is 1.93 bits per heavy atom. The fourth-order valence-corrected chi connectivity index (χ4v) is 1.79. The molecule has 0 radical (unpaired) electrons. The van der Waals surface area contributed by atoms with Crippen LogP contribution in [0.15, 0.2) is 0 Å². The largest absolute Gasteiger partial charge is 0.333 e. The zero-order valence-electron chi connectivity index (χ0n) is 9.54. The first kappa shape index (κ1) is 12.0. The Hall–Kier alpha value is -0.120. The third-order valence-corrected chi connectivity index (χ3v) is 3.05. The normalized spacial score (nSPS) is 33.2. The van der Waals surface area contributed by atoms with E-state index >= 15 is 0 Å². The van der Waals surface area contributed by atoms with Crippen molar-refractivity contribution in [3.63, 3.8) is 0 Å². The van der Waals surface area contributed by atoms with Crippen LogP contribution in [0.3, 0.4) is 0 Å². The van der Waals surface area contributed by atoms with Crippen LogP contribution in [0.2, 0.25) is 0 Å². The monoisotopic (exact) mass is 202 g/mol. The summed E-state index contributed by atoms with van der Waals surface area (Å²) in [4.78, 5) is 0. The van der Waals surface area contributed by atoms with Crippen molar-refractivity contribution >= 4 is 0 Å². The molecule has 0 aromatic heterocycles. The molecule has 0 aromatic rings. The van der Waals surface area contributed by atoms with Gasteiger partial charge in [0, 0.05) is 12.5 Å². The Morgan fingerprint density at radius 1 is 1.29 bits per heavy atom. The highest BCUT2D eigenvalue weighted by Crippen LogP contribution is 2.33. The van der Waals surface area contributed by atoms with Crippen molar-refractivity contribution in [3.8, 4) is 0 Å². The van der Waals surface area contributed by atoms with Crippen LogP contribution < -0.4 is 0 Å². The minimum atomic E-state index is -0.448. The van der Waals surface area contributed by atoms with Crippen molar-refractivity contribution in [1.82, 2.24) is 0 Å². The molecule has 0 unspecified atom stereocenters. The summed E-state index contributed by atoms with van der Waals surface area (Å²) >= 11 is 0. The second-order valence-electron chi connectivity index (χ2n) is 4.10. The lowest BCUT2D eigenvalue weighted by atomic mass is 9.81. The second kappa shape index (κ2) is 5.69. The van der Waals surface area contributed by atoms with Crippen LogP contribution in [0.25, 0.3) is 0 Å². The quantitative estimate of drug-likeness (QED) is 0.685. The van der Waals surface area contributed by atoms with E-state index in [1.54, 1.807) is 7.11 Å². The Kier molecular flexibility index (Phi) is 4.85. The molecule has 0 aliphatic carbocycles. The Labute approximate surface area is 86.7 Å². The zero-order valence-corrected chi connectivity index (χ0v) is 9.54. The van der Waals surface area contributed by atoms with E-state index in [2.05, 4.69) is 13.8 Å². The molecule has 3 nitrogen and oxygen atoms in total. The summed E-state index contributed by atoms with van der Waals surface area (Å²) < 4.78 is 16.0. The van der Waals surface area contributed by atoms with Gasteiger partial charge in [0.1, 0.15) is 0 Å². The Morgan fingerprint density at radius 3 is 2.36 bits per heavy atom. The highest BCUT2D eigenvalue weighted by Gasteiger charge is 2.34. The molecule has 0 spiro atoms. The summed E-state index contributed by atoms with van der Waals surface area (Å²) in [5.74, 6) is 0. The predicted molar refractivity (Wildman–Crippen MR) is 55.0 cm³/mol. The standard InChI is InChI=1S/C11H22O3/c1-4-6-7-11(5-2)8-13-10(12-3)14-9-11/h10H,4-9H2,1-3H3. The number of ether oxygens (including phenoxy) is 3. The first-order valence-electron chi connectivity index (χ1n) is 5.52. The lowest BCUT2D eigenvalue weighted by molar-refractivity contribution is -0.331. The molecular formula is C11H22O3. The van der Waals surface area contributed by atoms with Crippen molar-refractivity contribution in [3.05, 3.63) is 0 Å². The molecule has 0 atom stereocenters. The Bertz CT molecular complexity index is 151. The maximum absolute atomic E-state index is 5.49. The minimum absolute atomic E-state index is 0.227. The number of rotatable bonds is 5. The molecule has 0 bridgehead atoms. The molecule has 1 aliphatic heterocycles. The van der Waals surface area contributed by atoms with Gasteiger partial charge in [0.15, 0.2) is 0 Å². The van der Waals surface area contributed by atoms with Gasteiger partial charge >= 0.3 is 0 Å². The van der Waals surface area contributed by atoms with Crippen LogP contribution in [0.4, 0.5) is 0 Å². The van der Waals surface area contributed by atoms with Crippen molar-refractivity contribution in [2.24, 2.45) is 5.41 Å². The number of methoxy groups -OCH3 is 1. The van der Waals surface area contributed by atoms with E-state index < -0.39 is 6.48 Å². The molecule has 0 N–H and O–H groups in total. The molecule has 1 rings (SSSR count). The average Bonchev–Trinajstić information content (AvgIpc) is 2.27. The van der Waals surface area contributed by atoms with Crippen LogP contribution in [0, 0.1) is 5.41 Å². The maximum Gasteiger partial charge on any atom is 0.271 e. The van der Waals surface area contributed by atoms with Gasteiger partial charge in [-0.3, -0.25) is 0 Å². The molecular weight excluding hydrogens is 180 g/mol. The van der Waals surface area contributed by atoms with Crippen LogP contribution in [-0.2, 0) is 14.2 Å². The van der Waals surface area contributed by atoms with Crippen molar-refractivity contribution in [1.29, 1.82) is 0 Å². The minimum Gasteiger partial charge on any atom is -0.333 e. The highest BCUT2D eigenvalue weighted by molar-refractivity contribution is 4.79. The molecule has 0 saturated carbocycles. The number of hydrogen-bond donors (Lipinski definition) is 0. The van der Waals surface area contributed by atoms with Gasteiger partial charge in [-0.15, -0.1) is 0 Å². The topological polar surface area (TPSA) is 27.7 Å². The SMILES string of the molecule is CCCCC1(CC)COC(OC)OC1. The molecule has 1 saturated heterocycles. The summed E-state index contributed by atoms with van der Waals surface area (Å²) in [6.07, 6.45) is 4.79. The summed E-state index contributed by atoms with van der Waals surface area (Å²) in [6, 6.07) is 0. The number of unbranched alkanes of at least 4 members (excludes halogenated alkanes) is 1. The van der Waals surface area contributed by atoms with Gasteiger partial charge in [0.25, 0.3) is 6.48 Å². The smallest absolute Gasteiger partial charge is 0.271 e. The van der Waals surface area contributed by atoms with Gasteiger partial charge in [0.2, 0.25) is 0 Å². The van der Waals surface area contributed by atoms with E-state index in [0.29, 0.717) is 0 Å². The third-order valence-electron chi connectivity index (χ3n) is 3.05. The summed E-state index contributed by atoms with van der Waals surface area (Å²) in [7, 11) is 1.61. The zero-order chi connectivity index (χ0) is 10.4. The summed E-state index contributed by atoms with van der Waals surface area (Å²) in [5.41, 5.74) is 0.227. The van der Waals surface area contributed by atoms with E-state index in [4.69, 9.17) is 14.2 Å². The fraction of sp³-hybridized carbons (Fsp3) is 1.00. The summed E-state index contributed by atoms with van der Waals surface area (Å²) in [5, 5.41) is 0. The lowest BCUT2D eigenvalue weighted by Gasteiger charge is -2.38. The van der Waals surface area contributed by atoms with Crippen molar-refractivity contribution in [2.75, 3.05) is 20.3 Å². The highest BCUT2D eigenvalue weighted by atomic mass is 16.8. The van der Waals surface area contributed by atoms with Crippen LogP contribution >= 0.6 is 0 Å². The maximum atomic E-state index is 5.49. The molecule has 1 fully saturated rings. The van der Waals surface area contributed by atoms with Gasteiger partial charge in [-0.2, -0.15) is 0 Å². The van der Waals surface area contributed by atoms with Crippen molar-refractivity contribution in [2.45, 2.75) is 46.0 Å². The van der Waals surface area contributed by atoms with Gasteiger partial charge in [-0.1, -0.05) is 26.7 Å². The molecule has 1 aliphatic rings. The van der Waals surface area contributed by atoms with Gasteiger partial charge in [-0.05, 0) is 12.8 Å². The second-order valence-corrected chi connectivity index (χ2v) is 4.10. The van der Waals surface area contributed by atoms with E-state index in [9.17, 15) is 0 Å². The molecule has 0 amide bonds. The van der Waals surface area contributed by atoms with Gasteiger partial charge in [-0.25, -0.2) is 0 Å². The number of hydrogen-bond acceptors (Lipinski definition) is 3. The predicted octanol–water partition coefficient (Wildman–Crippen LogP) is 2.55.